The summed E-state index contributed by atoms with van der Waals surface area (Å²) in [6, 6.07) is 16.5. The number of anilines is 2. The van der Waals surface area contributed by atoms with Crippen molar-refractivity contribution in [1.82, 2.24) is 14.8 Å². The number of thioether (sulfide) groups is 1. The number of sulfonamides is 1. The minimum absolute atomic E-state index is 0.0551. The minimum atomic E-state index is -3.52. The van der Waals surface area contributed by atoms with Crippen LogP contribution in [0.3, 0.4) is 0 Å². The normalized spacial score (nSPS) is 11.3. The van der Waals surface area contributed by atoms with Crippen LogP contribution in [0.15, 0.2) is 59.8 Å². The molecular formula is C21H25N5O3S2. The van der Waals surface area contributed by atoms with E-state index in [9.17, 15) is 13.2 Å². The molecule has 3 rings (SSSR count). The van der Waals surface area contributed by atoms with Crippen LogP contribution in [0.5, 0.6) is 0 Å². The quantitative estimate of drug-likeness (QED) is 0.493. The summed E-state index contributed by atoms with van der Waals surface area (Å²) >= 11 is 1.26. The number of amides is 1. The highest BCUT2D eigenvalue weighted by Crippen LogP contribution is 2.23. The zero-order valence-corrected chi connectivity index (χ0v) is 19.3. The number of benzene rings is 2. The summed E-state index contributed by atoms with van der Waals surface area (Å²) in [7, 11) is -3.52. The molecule has 31 heavy (non-hydrogen) atoms. The molecule has 0 saturated heterocycles. The van der Waals surface area contributed by atoms with Crippen molar-refractivity contribution in [3.8, 4) is 0 Å². The van der Waals surface area contributed by atoms with Crippen LogP contribution in [0.4, 0.5) is 11.4 Å². The molecule has 0 aliphatic heterocycles. The Morgan fingerprint density at radius 2 is 1.77 bits per heavy atom. The number of carbonyl (C=O) groups excluding carboxylic acids is 1. The van der Waals surface area contributed by atoms with E-state index in [0.717, 1.165) is 11.3 Å². The van der Waals surface area contributed by atoms with E-state index in [-0.39, 0.29) is 18.2 Å². The van der Waals surface area contributed by atoms with Gasteiger partial charge in [0.15, 0.2) is 11.0 Å². The van der Waals surface area contributed by atoms with Crippen molar-refractivity contribution in [3.63, 3.8) is 0 Å². The van der Waals surface area contributed by atoms with Crippen LogP contribution in [0, 0.1) is 6.92 Å². The fourth-order valence-corrected chi connectivity index (χ4v) is 4.62. The van der Waals surface area contributed by atoms with Gasteiger partial charge in [0.1, 0.15) is 0 Å². The summed E-state index contributed by atoms with van der Waals surface area (Å²) < 4.78 is 28.0. The van der Waals surface area contributed by atoms with E-state index in [1.807, 2.05) is 60.9 Å². The van der Waals surface area contributed by atoms with Crippen molar-refractivity contribution in [2.24, 2.45) is 0 Å². The third-order valence-corrected chi connectivity index (χ3v) is 6.61. The molecule has 3 aromatic rings. The molecule has 0 unspecified atom stereocenters. The number of nitrogens with zero attached hydrogens (tertiary/aromatic N) is 4. The average molecular weight is 460 g/mol. The molecule has 1 N–H and O–H groups in total. The van der Waals surface area contributed by atoms with Crippen LogP contribution in [-0.4, -0.2) is 41.1 Å². The lowest BCUT2D eigenvalue weighted by Gasteiger charge is -2.22. The maximum absolute atomic E-state index is 12.4. The molecule has 1 amide bonds. The van der Waals surface area contributed by atoms with E-state index < -0.39 is 10.0 Å². The summed E-state index contributed by atoms with van der Waals surface area (Å²) in [4.78, 5) is 12.2. The molecule has 0 fully saturated rings. The first-order valence-electron chi connectivity index (χ1n) is 9.72. The van der Waals surface area contributed by atoms with E-state index in [1.54, 1.807) is 12.1 Å². The van der Waals surface area contributed by atoms with E-state index in [2.05, 4.69) is 15.5 Å². The Morgan fingerprint density at radius 1 is 1.10 bits per heavy atom. The maximum Gasteiger partial charge on any atom is 0.234 e. The van der Waals surface area contributed by atoms with Crippen molar-refractivity contribution in [1.29, 1.82) is 0 Å². The van der Waals surface area contributed by atoms with Gasteiger partial charge in [-0.3, -0.25) is 9.10 Å². The highest BCUT2D eigenvalue weighted by Gasteiger charge is 2.22. The predicted molar refractivity (Wildman–Crippen MR) is 124 cm³/mol. The van der Waals surface area contributed by atoms with Crippen molar-refractivity contribution in [3.05, 3.63) is 66.0 Å². The Bertz CT molecular complexity index is 1130. The smallest absolute Gasteiger partial charge is 0.234 e. The number of hydrogen-bond acceptors (Lipinski definition) is 6. The SMILES string of the molecule is CCn1c(CN(c2ccc(C)cc2)S(C)(=O)=O)nnc1SCC(=O)Nc1ccccc1. The van der Waals surface area contributed by atoms with Crippen LogP contribution >= 0.6 is 11.8 Å². The average Bonchev–Trinajstić information content (AvgIpc) is 3.13. The van der Waals surface area contributed by atoms with Gasteiger partial charge in [-0.1, -0.05) is 47.7 Å². The largest absolute Gasteiger partial charge is 0.325 e. The Morgan fingerprint density at radius 3 is 2.39 bits per heavy atom. The van der Waals surface area contributed by atoms with E-state index in [0.29, 0.717) is 23.2 Å². The molecular weight excluding hydrogens is 434 g/mol. The molecule has 164 valence electrons. The van der Waals surface area contributed by atoms with Gasteiger partial charge in [-0.15, -0.1) is 10.2 Å². The number of carbonyl (C=O) groups is 1. The van der Waals surface area contributed by atoms with Crippen LogP contribution in [0.2, 0.25) is 0 Å². The Labute approximate surface area is 186 Å². The van der Waals surface area contributed by atoms with Crippen molar-refractivity contribution in [2.45, 2.75) is 32.1 Å². The van der Waals surface area contributed by atoms with Crippen molar-refractivity contribution < 1.29 is 13.2 Å². The number of para-hydroxylation sites is 1. The van der Waals surface area contributed by atoms with Gasteiger partial charge < -0.3 is 9.88 Å². The number of rotatable bonds is 9. The first-order chi connectivity index (χ1) is 14.8. The number of nitrogens with one attached hydrogen (secondary N) is 1. The first-order valence-corrected chi connectivity index (χ1v) is 12.6. The van der Waals surface area contributed by atoms with Crippen LogP contribution < -0.4 is 9.62 Å². The van der Waals surface area contributed by atoms with E-state index >= 15 is 0 Å². The van der Waals surface area contributed by atoms with Crippen molar-refractivity contribution in [2.75, 3.05) is 21.6 Å². The monoisotopic (exact) mass is 459 g/mol. The van der Waals surface area contributed by atoms with Gasteiger partial charge >= 0.3 is 0 Å². The van der Waals surface area contributed by atoms with Crippen molar-refractivity contribution >= 4 is 39.1 Å². The second-order valence-electron chi connectivity index (χ2n) is 6.95. The molecule has 8 nitrogen and oxygen atoms in total. The molecule has 0 aliphatic carbocycles. The number of hydrogen-bond donors (Lipinski definition) is 1. The summed E-state index contributed by atoms with van der Waals surface area (Å²) in [5.41, 5.74) is 2.34. The lowest BCUT2D eigenvalue weighted by Crippen LogP contribution is -2.30. The number of aromatic nitrogens is 3. The molecule has 1 heterocycles. The lowest BCUT2D eigenvalue weighted by atomic mass is 10.2. The molecule has 1 aromatic heterocycles. The van der Waals surface area contributed by atoms with Gasteiger partial charge in [0.05, 0.1) is 24.2 Å². The topological polar surface area (TPSA) is 97.2 Å². The van der Waals surface area contributed by atoms with Crippen LogP contribution in [-0.2, 0) is 27.9 Å². The maximum atomic E-state index is 12.4. The van der Waals surface area contributed by atoms with Gasteiger partial charge in [-0.05, 0) is 38.1 Å². The van der Waals surface area contributed by atoms with Gasteiger partial charge in [-0.25, -0.2) is 8.42 Å². The Balaban J connectivity index is 1.73. The van der Waals surface area contributed by atoms with Gasteiger partial charge in [-0.2, -0.15) is 0 Å². The van der Waals surface area contributed by atoms with Crippen LogP contribution in [0.1, 0.15) is 18.3 Å². The summed E-state index contributed by atoms with van der Waals surface area (Å²) in [5, 5.41) is 11.8. The van der Waals surface area contributed by atoms with Gasteiger partial charge in [0, 0.05) is 12.2 Å². The summed E-state index contributed by atoms with van der Waals surface area (Å²) in [5.74, 6) is 0.529. The molecule has 0 bridgehead atoms. The van der Waals surface area contributed by atoms with Gasteiger partial charge in [0.2, 0.25) is 15.9 Å². The Hall–Kier alpha value is -2.85. The summed E-state index contributed by atoms with van der Waals surface area (Å²) in [6.07, 6.45) is 1.17. The first kappa shape index (κ1) is 22.8. The molecule has 0 spiro atoms. The molecule has 0 radical (unpaired) electrons. The van der Waals surface area contributed by atoms with Crippen LogP contribution in [0.25, 0.3) is 0 Å². The fourth-order valence-electron chi connectivity index (χ4n) is 2.95. The highest BCUT2D eigenvalue weighted by atomic mass is 32.2. The summed E-state index contributed by atoms with van der Waals surface area (Å²) in [6.45, 7) is 4.48. The second kappa shape index (κ2) is 9.97. The molecule has 0 aliphatic rings. The zero-order valence-electron chi connectivity index (χ0n) is 17.6. The van der Waals surface area contributed by atoms with E-state index in [1.165, 1.54) is 22.3 Å². The predicted octanol–water partition coefficient (Wildman–Crippen LogP) is 3.30. The molecule has 2 aromatic carbocycles. The molecule has 10 heteroatoms. The second-order valence-corrected chi connectivity index (χ2v) is 9.80. The molecule has 0 atom stereocenters. The number of aryl methyl sites for hydroxylation is 1. The molecule has 0 saturated carbocycles. The minimum Gasteiger partial charge on any atom is -0.325 e. The fraction of sp³-hybridized carbons (Fsp3) is 0.286. The highest BCUT2D eigenvalue weighted by molar-refractivity contribution is 7.99. The lowest BCUT2D eigenvalue weighted by molar-refractivity contribution is -0.113. The Kier molecular flexibility index (Phi) is 7.34. The third-order valence-electron chi connectivity index (χ3n) is 4.51. The zero-order chi connectivity index (χ0) is 22.4. The standard InChI is InChI=1S/C21H25N5O3S2/c1-4-25-19(14-26(31(3,28)29)18-12-10-16(2)11-13-18)23-24-21(25)30-15-20(27)22-17-8-6-5-7-9-17/h5-13H,4,14-15H2,1-3H3,(H,22,27). The van der Waals surface area contributed by atoms with E-state index in [4.69, 9.17) is 0 Å². The third kappa shape index (κ3) is 6.08. The van der Waals surface area contributed by atoms with Gasteiger partial charge in [0.25, 0.3) is 0 Å².